The molecule has 0 aliphatic carbocycles. The Morgan fingerprint density at radius 3 is 2.67 bits per heavy atom. The van der Waals surface area contributed by atoms with E-state index < -0.39 is 0 Å². The van der Waals surface area contributed by atoms with Crippen LogP contribution in [-0.2, 0) is 11.3 Å². The molecule has 2 N–H and O–H groups in total. The van der Waals surface area contributed by atoms with E-state index in [0.29, 0.717) is 25.3 Å². The maximum Gasteiger partial charge on any atom is 0.0764 e. The summed E-state index contributed by atoms with van der Waals surface area (Å²) in [6, 6.07) is 2.70. The van der Waals surface area contributed by atoms with Crippen LogP contribution in [0.5, 0.6) is 0 Å². The number of nitrogens with zero attached hydrogens (tertiary/aromatic N) is 3. The molecule has 0 unspecified atom stereocenters. The van der Waals surface area contributed by atoms with Crippen LogP contribution < -0.4 is 5.73 Å². The van der Waals surface area contributed by atoms with Crippen LogP contribution in [0.4, 0.5) is 0 Å². The van der Waals surface area contributed by atoms with Crippen LogP contribution >= 0.6 is 0 Å². The summed E-state index contributed by atoms with van der Waals surface area (Å²) in [4.78, 5) is 2.47. The van der Waals surface area contributed by atoms with Gasteiger partial charge in [-0.05, 0) is 31.7 Å². The van der Waals surface area contributed by atoms with Crippen molar-refractivity contribution in [3.63, 3.8) is 0 Å². The third-order valence-corrected chi connectivity index (χ3v) is 4.37. The van der Waals surface area contributed by atoms with E-state index in [2.05, 4.69) is 35.7 Å². The predicted octanol–water partition coefficient (Wildman–Crippen LogP) is 2.18. The number of ether oxygens (including phenoxy) is 1. The first-order valence-corrected chi connectivity index (χ1v) is 8.34. The van der Waals surface area contributed by atoms with E-state index in [1.54, 1.807) is 0 Å². The quantitative estimate of drug-likeness (QED) is 0.798. The largest absolute Gasteiger partial charge is 0.377 e. The smallest absolute Gasteiger partial charge is 0.0764 e. The van der Waals surface area contributed by atoms with Crippen molar-refractivity contribution in [3.8, 4) is 0 Å². The highest BCUT2D eigenvalue weighted by Crippen LogP contribution is 2.18. The summed E-state index contributed by atoms with van der Waals surface area (Å²) in [5, 5.41) is 4.74. The van der Waals surface area contributed by atoms with Crippen molar-refractivity contribution in [2.45, 2.75) is 58.2 Å². The van der Waals surface area contributed by atoms with E-state index in [1.165, 1.54) is 5.69 Å². The molecule has 0 bridgehead atoms. The minimum atomic E-state index is 0.395. The maximum atomic E-state index is 5.72. The highest BCUT2D eigenvalue weighted by atomic mass is 16.5. The van der Waals surface area contributed by atoms with Gasteiger partial charge in [0.2, 0.25) is 0 Å². The van der Waals surface area contributed by atoms with E-state index in [9.17, 15) is 0 Å². The molecule has 21 heavy (non-hydrogen) atoms. The Morgan fingerprint density at radius 2 is 2.05 bits per heavy atom. The van der Waals surface area contributed by atoms with Crippen LogP contribution in [0, 0.1) is 0 Å². The molecule has 1 saturated heterocycles. The summed E-state index contributed by atoms with van der Waals surface area (Å²) in [5.41, 5.74) is 6.66. The summed E-state index contributed by atoms with van der Waals surface area (Å²) in [5.74, 6) is 0. The van der Waals surface area contributed by atoms with Gasteiger partial charge in [-0.3, -0.25) is 9.58 Å². The first kappa shape index (κ1) is 16.5. The van der Waals surface area contributed by atoms with Crippen LogP contribution in [0.15, 0.2) is 12.3 Å². The van der Waals surface area contributed by atoms with Crippen LogP contribution in [0.2, 0.25) is 0 Å². The average molecular weight is 294 g/mol. The lowest BCUT2D eigenvalue weighted by Gasteiger charge is -2.31. The number of nitrogens with two attached hydrogens (primary N) is 1. The Balaban J connectivity index is 1.78. The Labute approximate surface area is 128 Å². The molecule has 0 aromatic carbocycles. The molecule has 1 aromatic rings. The first-order valence-electron chi connectivity index (χ1n) is 8.34. The summed E-state index contributed by atoms with van der Waals surface area (Å²) in [6.45, 7) is 8.89. The molecular formula is C16H30N4O. The molecule has 0 radical (unpaired) electrons. The van der Waals surface area contributed by atoms with E-state index >= 15 is 0 Å². The maximum absolute atomic E-state index is 5.72. The zero-order valence-corrected chi connectivity index (χ0v) is 13.5. The Hall–Kier alpha value is -0.910. The van der Waals surface area contributed by atoms with Crippen molar-refractivity contribution in [3.05, 3.63) is 18.0 Å². The Kier molecular flexibility index (Phi) is 6.67. The summed E-state index contributed by atoms with van der Waals surface area (Å²) >= 11 is 0. The first-order chi connectivity index (χ1) is 10.3. The van der Waals surface area contributed by atoms with Gasteiger partial charge in [0.25, 0.3) is 0 Å². The number of likely N-dealkylation sites (tertiary alicyclic amines) is 1. The Bertz CT molecular complexity index is 395. The van der Waals surface area contributed by atoms with Gasteiger partial charge in [-0.2, -0.15) is 5.10 Å². The zero-order chi connectivity index (χ0) is 15.1. The molecule has 0 atom stereocenters. The molecule has 0 saturated carbocycles. The molecule has 5 nitrogen and oxygen atoms in total. The summed E-state index contributed by atoms with van der Waals surface area (Å²) in [7, 11) is 0. The zero-order valence-electron chi connectivity index (χ0n) is 13.5. The van der Waals surface area contributed by atoms with Gasteiger partial charge in [-0.1, -0.05) is 13.8 Å². The Morgan fingerprint density at radius 1 is 1.33 bits per heavy atom. The molecule has 5 heteroatoms. The number of hydrogen-bond donors (Lipinski definition) is 1. The minimum Gasteiger partial charge on any atom is -0.377 e. The van der Waals surface area contributed by atoms with Crippen LogP contribution in [0.25, 0.3) is 0 Å². The van der Waals surface area contributed by atoms with Crippen LogP contribution in [0.3, 0.4) is 0 Å². The molecule has 1 aliphatic rings. The SMILES string of the molecule is CCC(CC)n1ccc(CN2CCC(OCCN)CC2)n1. The highest BCUT2D eigenvalue weighted by Gasteiger charge is 2.20. The monoisotopic (exact) mass is 294 g/mol. The molecule has 0 spiro atoms. The second-order valence-electron chi connectivity index (χ2n) is 5.89. The van der Waals surface area contributed by atoms with Crippen LogP contribution in [0.1, 0.15) is 51.3 Å². The third kappa shape index (κ3) is 4.80. The van der Waals surface area contributed by atoms with Gasteiger partial charge in [-0.25, -0.2) is 0 Å². The van der Waals surface area contributed by atoms with Crippen molar-refractivity contribution in [2.24, 2.45) is 5.73 Å². The molecule has 0 amide bonds. The normalized spacial score (nSPS) is 17.7. The van der Waals surface area contributed by atoms with E-state index in [0.717, 1.165) is 45.3 Å². The number of aromatic nitrogens is 2. The standard InChI is InChI=1S/C16H30N4O/c1-3-15(4-2)20-11-5-14(18-20)13-19-9-6-16(7-10-19)21-12-8-17/h5,11,15-16H,3-4,6-10,12-13,17H2,1-2H3. The molecule has 2 rings (SSSR count). The lowest BCUT2D eigenvalue weighted by molar-refractivity contribution is 0.00950. The number of rotatable bonds is 8. The van der Waals surface area contributed by atoms with Crippen molar-refractivity contribution in [1.82, 2.24) is 14.7 Å². The topological polar surface area (TPSA) is 56.3 Å². The van der Waals surface area contributed by atoms with Gasteiger partial charge in [0.1, 0.15) is 0 Å². The van der Waals surface area contributed by atoms with Crippen molar-refractivity contribution < 1.29 is 4.74 Å². The van der Waals surface area contributed by atoms with E-state index in [-0.39, 0.29) is 0 Å². The molecule has 120 valence electrons. The predicted molar refractivity (Wildman–Crippen MR) is 85.2 cm³/mol. The van der Waals surface area contributed by atoms with Gasteiger partial charge in [-0.15, -0.1) is 0 Å². The number of piperidine rings is 1. The second kappa shape index (κ2) is 8.51. The molecule has 1 aromatic heterocycles. The molecule has 2 heterocycles. The van der Waals surface area contributed by atoms with Gasteiger partial charge in [0.05, 0.1) is 24.4 Å². The van der Waals surface area contributed by atoms with Gasteiger partial charge in [0.15, 0.2) is 0 Å². The molecule has 1 aliphatic heterocycles. The van der Waals surface area contributed by atoms with E-state index in [1.807, 2.05) is 0 Å². The average Bonchev–Trinajstić information content (AvgIpc) is 2.96. The fourth-order valence-corrected chi connectivity index (χ4v) is 3.03. The minimum absolute atomic E-state index is 0.395. The summed E-state index contributed by atoms with van der Waals surface area (Å²) in [6.07, 6.45) is 7.01. The van der Waals surface area contributed by atoms with Gasteiger partial charge in [0, 0.05) is 32.4 Å². The third-order valence-electron chi connectivity index (χ3n) is 4.37. The highest BCUT2D eigenvalue weighted by molar-refractivity contribution is 5.00. The number of hydrogen-bond acceptors (Lipinski definition) is 4. The summed E-state index contributed by atoms with van der Waals surface area (Å²) < 4.78 is 7.86. The fourth-order valence-electron chi connectivity index (χ4n) is 3.03. The molecular weight excluding hydrogens is 264 g/mol. The van der Waals surface area contributed by atoms with Crippen LogP contribution in [-0.4, -0.2) is 47.0 Å². The molecule has 1 fully saturated rings. The van der Waals surface area contributed by atoms with Crippen molar-refractivity contribution in [1.29, 1.82) is 0 Å². The second-order valence-corrected chi connectivity index (χ2v) is 5.89. The lowest BCUT2D eigenvalue weighted by atomic mass is 10.1. The van der Waals surface area contributed by atoms with Gasteiger partial charge >= 0.3 is 0 Å². The van der Waals surface area contributed by atoms with Crippen molar-refractivity contribution >= 4 is 0 Å². The lowest BCUT2D eigenvalue weighted by Crippen LogP contribution is -2.37. The fraction of sp³-hybridized carbons (Fsp3) is 0.812. The van der Waals surface area contributed by atoms with Gasteiger partial charge < -0.3 is 10.5 Å². The van der Waals surface area contributed by atoms with Crippen molar-refractivity contribution in [2.75, 3.05) is 26.2 Å². The van der Waals surface area contributed by atoms with E-state index in [4.69, 9.17) is 15.6 Å².